The highest BCUT2D eigenvalue weighted by Gasteiger charge is 2.03. The monoisotopic (exact) mass is 253 g/mol. The summed E-state index contributed by atoms with van der Waals surface area (Å²) >= 11 is 7.49. The molecule has 0 unspecified atom stereocenters. The summed E-state index contributed by atoms with van der Waals surface area (Å²) < 4.78 is 0. The van der Waals surface area contributed by atoms with Crippen molar-refractivity contribution in [3.63, 3.8) is 0 Å². The quantitative estimate of drug-likeness (QED) is 0.883. The first-order valence-electron chi connectivity index (χ1n) is 4.84. The number of pyridine rings is 1. The normalized spacial score (nSPS) is 10.4. The van der Waals surface area contributed by atoms with Crippen LogP contribution in [0.2, 0.25) is 5.02 Å². The summed E-state index contributed by atoms with van der Waals surface area (Å²) in [5.74, 6) is 0.678. The molecule has 0 fully saturated rings. The Balaban J connectivity index is 2.08. The van der Waals surface area contributed by atoms with Crippen LogP contribution in [0.5, 0.6) is 0 Å². The molecule has 0 aliphatic carbocycles. The molecule has 0 saturated heterocycles. The molecule has 5 heteroatoms. The van der Waals surface area contributed by atoms with Gasteiger partial charge in [0.15, 0.2) is 0 Å². The van der Waals surface area contributed by atoms with Gasteiger partial charge in [-0.05, 0) is 30.0 Å². The first kappa shape index (κ1) is 11.2. The summed E-state index contributed by atoms with van der Waals surface area (Å²) in [6, 6.07) is 3.79. The van der Waals surface area contributed by atoms with E-state index < -0.39 is 0 Å². The van der Waals surface area contributed by atoms with Crippen LogP contribution in [0.4, 0.5) is 11.5 Å². The summed E-state index contributed by atoms with van der Waals surface area (Å²) in [6.45, 7) is 2.83. The number of thiophene rings is 1. The van der Waals surface area contributed by atoms with Crippen molar-refractivity contribution in [2.24, 2.45) is 0 Å². The second kappa shape index (κ2) is 4.72. The van der Waals surface area contributed by atoms with Gasteiger partial charge in [-0.2, -0.15) is 0 Å². The SMILES string of the molecule is Cc1ccsc1CNc1ncc(Cl)cc1N. The number of anilines is 2. The van der Waals surface area contributed by atoms with Crippen molar-refractivity contribution in [1.82, 2.24) is 4.98 Å². The number of halogens is 1. The van der Waals surface area contributed by atoms with Crippen molar-refractivity contribution in [2.75, 3.05) is 11.1 Å². The molecule has 0 atom stereocenters. The summed E-state index contributed by atoms with van der Waals surface area (Å²) in [7, 11) is 0. The predicted octanol–water partition coefficient (Wildman–Crippen LogP) is 3.30. The molecule has 3 N–H and O–H groups in total. The Labute approximate surface area is 103 Å². The fourth-order valence-electron chi connectivity index (χ4n) is 1.35. The average Bonchev–Trinajstić information content (AvgIpc) is 2.63. The molecule has 3 nitrogen and oxygen atoms in total. The number of aryl methyl sites for hydroxylation is 1. The Morgan fingerprint density at radius 3 is 3.00 bits per heavy atom. The zero-order chi connectivity index (χ0) is 11.5. The summed E-state index contributed by atoms with van der Waals surface area (Å²) in [6.07, 6.45) is 1.58. The number of hydrogen-bond donors (Lipinski definition) is 2. The molecule has 0 saturated carbocycles. The number of hydrogen-bond acceptors (Lipinski definition) is 4. The van der Waals surface area contributed by atoms with Crippen molar-refractivity contribution in [2.45, 2.75) is 13.5 Å². The highest BCUT2D eigenvalue weighted by Crippen LogP contribution is 2.22. The van der Waals surface area contributed by atoms with E-state index >= 15 is 0 Å². The fourth-order valence-corrected chi connectivity index (χ4v) is 2.36. The van der Waals surface area contributed by atoms with E-state index in [2.05, 4.69) is 28.7 Å². The lowest BCUT2D eigenvalue weighted by Gasteiger charge is -2.07. The number of nitrogens with zero attached hydrogens (tertiary/aromatic N) is 1. The molecule has 2 heterocycles. The fraction of sp³-hybridized carbons (Fsp3) is 0.182. The Morgan fingerprint density at radius 2 is 2.38 bits per heavy atom. The third kappa shape index (κ3) is 2.46. The minimum absolute atomic E-state index is 0.551. The maximum atomic E-state index is 5.79. The molecule has 0 bridgehead atoms. The standard InChI is InChI=1S/C11H12ClN3S/c1-7-2-3-16-10(7)6-15-11-9(13)4-8(12)5-14-11/h2-5H,6,13H2,1H3,(H,14,15). The molecule has 2 aromatic heterocycles. The first-order chi connectivity index (χ1) is 7.66. The van der Waals surface area contributed by atoms with E-state index in [9.17, 15) is 0 Å². The number of nitrogen functional groups attached to an aromatic ring is 1. The maximum absolute atomic E-state index is 5.79. The van der Waals surface area contributed by atoms with Gasteiger partial charge in [0.25, 0.3) is 0 Å². The van der Waals surface area contributed by atoms with Crippen molar-refractivity contribution >= 4 is 34.4 Å². The van der Waals surface area contributed by atoms with Crippen molar-refractivity contribution in [1.29, 1.82) is 0 Å². The van der Waals surface area contributed by atoms with Crippen LogP contribution in [0.25, 0.3) is 0 Å². The van der Waals surface area contributed by atoms with Crippen LogP contribution in [0.15, 0.2) is 23.7 Å². The van der Waals surface area contributed by atoms with Crippen LogP contribution in [-0.4, -0.2) is 4.98 Å². The Bertz CT molecular complexity index is 496. The average molecular weight is 254 g/mol. The molecular formula is C11H12ClN3S. The minimum Gasteiger partial charge on any atom is -0.396 e. The zero-order valence-corrected chi connectivity index (χ0v) is 10.4. The number of rotatable bonds is 3. The largest absolute Gasteiger partial charge is 0.396 e. The first-order valence-corrected chi connectivity index (χ1v) is 6.10. The van der Waals surface area contributed by atoms with Gasteiger partial charge in [0.05, 0.1) is 17.3 Å². The second-order valence-electron chi connectivity index (χ2n) is 3.47. The second-order valence-corrected chi connectivity index (χ2v) is 4.91. The molecule has 0 aliphatic rings. The molecule has 16 heavy (non-hydrogen) atoms. The lowest BCUT2D eigenvalue weighted by Crippen LogP contribution is -2.04. The van der Waals surface area contributed by atoms with Crippen LogP contribution in [0.3, 0.4) is 0 Å². The predicted molar refractivity (Wildman–Crippen MR) is 70.0 cm³/mol. The lowest BCUT2D eigenvalue weighted by atomic mass is 10.3. The third-order valence-electron chi connectivity index (χ3n) is 2.27. The summed E-state index contributed by atoms with van der Waals surface area (Å²) in [4.78, 5) is 5.43. The molecule has 0 aliphatic heterocycles. The highest BCUT2D eigenvalue weighted by molar-refractivity contribution is 7.10. The van der Waals surface area contributed by atoms with Crippen molar-refractivity contribution in [3.8, 4) is 0 Å². The van der Waals surface area contributed by atoms with Gasteiger partial charge in [0, 0.05) is 11.1 Å². The molecule has 2 aromatic rings. The van der Waals surface area contributed by atoms with Gasteiger partial charge in [0.1, 0.15) is 5.82 Å². The third-order valence-corrected chi connectivity index (χ3v) is 3.50. The van der Waals surface area contributed by atoms with Crippen LogP contribution in [0, 0.1) is 6.92 Å². The van der Waals surface area contributed by atoms with Crippen LogP contribution in [0.1, 0.15) is 10.4 Å². The number of nitrogens with one attached hydrogen (secondary N) is 1. The van der Waals surface area contributed by atoms with Crippen LogP contribution in [-0.2, 0) is 6.54 Å². The van der Waals surface area contributed by atoms with E-state index in [-0.39, 0.29) is 0 Å². The summed E-state index contributed by atoms with van der Waals surface area (Å²) in [5, 5.41) is 5.82. The van der Waals surface area contributed by atoms with Gasteiger partial charge in [-0.25, -0.2) is 4.98 Å². The molecule has 0 amide bonds. The molecular weight excluding hydrogens is 242 g/mol. The summed E-state index contributed by atoms with van der Waals surface area (Å²) in [5.41, 5.74) is 7.65. The Hall–Kier alpha value is -1.26. The Morgan fingerprint density at radius 1 is 1.56 bits per heavy atom. The van der Waals surface area contributed by atoms with Crippen molar-refractivity contribution < 1.29 is 0 Å². The van der Waals surface area contributed by atoms with Gasteiger partial charge < -0.3 is 11.1 Å². The number of aromatic nitrogens is 1. The highest BCUT2D eigenvalue weighted by atomic mass is 35.5. The van der Waals surface area contributed by atoms with E-state index in [1.807, 2.05) is 0 Å². The van der Waals surface area contributed by atoms with Gasteiger partial charge in [-0.15, -0.1) is 11.3 Å². The van der Waals surface area contributed by atoms with E-state index in [4.69, 9.17) is 17.3 Å². The topological polar surface area (TPSA) is 50.9 Å². The molecule has 2 rings (SSSR count). The van der Waals surface area contributed by atoms with E-state index in [0.29, 0.717) is 16.5 Å². The number of nitrogens with two attached hydrogens (primary N) is 1. The Kier molecular flexibility index (Phi) is 3.31. The van der Waals surface area contributed by atoms with Gasteiger partial charge in [-0.3, -0.25) is 0 Å². The molecule has 0 spiro atoms. The van der Waals surface area contributed by atoms with E-state index in [1.165, 1.54) is 10.4 Å². The zero-order valence-electron chi connectivity index (χ0n) is 8.83. The van der Waals surface area contributed by atoms with Crippen molar-refractivity contribution in [3.05, 3.63) is 39.2 Å². The smallest absolute Gasteiger partial charge is 0.149 e. The molecule has 0 aromatic carbocycles. The van der Waals surface area contributed by atoms with E-state index in [1.54, 1.807) is 23.6 Å². The van der Waals surface area contributed by atoms with Crippen LogP contribution < -0.4 is 11.1 Å². The van der Waals surface area contributed by atoms with E-state index in [0.717, 1.165) is 6.54 Å². The minimum atomic E-state index is 0.551. The van der Waals surface area contributed by atoms with Gasteiger partial charge in [-0.1, -0.05) is 11.6 Å². The maximum Gasteiger partial charge on any atom is 0.149 e. The van der Waals surface area contributed by atoms with Crippen LogP contribution >= 0.6 is 22.9 Å². The lowest BCUT2D eigenvalue weighted by molar-refractivity contribution is 1.13. The van der Waals surface area contributed by atoms with Gasteiger partial charge >= 0.3 is 0 Å². The van der Waals surface area contributed by atoms with Gasteiger partial charge in [0.2, 0.25) is 0 Å². The molecule has 0 radical (unpaired) electrons. The molecule has 84 valence electrons.